The number of amides is 2. The Labute approximate surface area is 135 Å². The fraction of sp³-hybridized carbons (Fsp3) is 0.222. The highest BCUT2D eigenvalue weighted by Gasteiger charge is 2.11. The van der Waals surface area contributed by atoms with Crippen molar-refractivity contribution < 1.29 is 14.3 Å². The molecule has 0 aromatic heterocycles. The summed E-state index contributed by atoms with van der Waals surface area (Å²) in [4.78, 5) is 23.8. The molecule has 23 heavy (non-hydrogen) atoms. The Hall–Kier alpha value is -2.82. The fourth-order valence-electron chi connectivity index (χ4n) is 2.07. The van der Waals surface area contributed by atoms with Gasteiger partial charge in [0.05, 0.1) is 0 Å². The van der Waals surface area contributed by atoms with Crippen LogP contribution in [0.5, 0.6) is 5.75 Å². The van der Waals surface area contributed by atoms with E-state index in [1.807, 2.05) is 51.1 Å². The van der Waals surface area contributed by atoms with Crippen molar-refractivity contribution in [3.8, 4) is 5.75 Å². The van der Waals surface area contributed by atoms with Crippen LogP contribution in [0.15, 0.2) is 42.5 Å². The van der Waals surface area contributed by atoms with Crippen LogP contribution < -0.4 is 15.6 Å². The summed E-state index contributed by atoms with van der Waals surface area (Å²) in [5, 5.41) is 0. The molecular formula is C18H20N2O3. The molecular weight excluding hydrogens is 292 g/mol. The summed E-state index contributed by atoms with van der Waals surface area (Å²) in [6.07, 6.45) is 0. The van der Waals surface area contributed by atoms with Gasteiger partial charge in [-0.05, 0) is 44.0 Å². The third-order valence-electron chi connectivity index (χ3n) is 3.41. The Morgan fingerprint density at radius 2 is 1.70 bits per heavy atom. The van der Waals surface area contributed by atoms with E-state index in [2.05, 4.69) is 10.9 Å². The molecule has 0 heterocycles. The first-order valence-electron chi connectivity index (χ1n) is 7.32. The number of para-hydroxylation sites is 1. The van der Waals surface area contributed by atoms with Gasteiger partial charge in [0.1, 0.15) is 5.75 Å². The lowest BCUT2D eigenvalue weighted by Crippen LogP contribution is -2.44. The van der Waals surface area contributed by atoms with E-state index in [9.17, 15) is 9.59 Å². The molecule has 0 saturated carbocycles. The normalized spacial score (nSPS) is 10.0. The Kier molecular flexibility index (Phi) is 5.36. The van der Waals surface area contributed by atoms with E-state index < -0.39 is 5.91 Å². The van der Waals surface area contributed by atoms with E-state index in [0.717, 1.165) is 16.7 Å². The van der Waals surface area contributed by atoms with E-state index >= 15 is 0 Å². The number of ether oxygens (including phenoxy) is 1. The first-order chi connectivity index (χ1) is 11.0. The molecule has 2 aromatic carbocycles. The molecule has 2 aromatic rings. The third kappa shape index (κ3) is 4.57. The highest BCUT2D eigenvalue weighted by atomic mass is 16.5. The number of hydrazine groups is 1. The number of hydrogen-bond acceptors (Lipinski definition) is 3. The van der Waals surface area contributed by atoms with Gasteiger partial charge < -0.3 is 4.74 Å². The van der Waals surface area contributed by atoms with Gasteiger partial charge in [-0.3, -0.25) is 20.4 Å². The Bertz CT molecular complexity index is 726. The van der Waals surface area contributed by atoms with Gasteiger partial charge in [-0.25, -0.2) is 0 Å². The summed E-state index contributed by atoms with van der Waals surface area (Å²) in [7, 11) is 0. The van der Waals surface area contributed by atoms with Crippen LogP contribution in [0.1, 0.15) is 27.0 Å². The van der Waals surface area contributed by atoms with Crippen LogP contribution in [0.4, 0.5) is 0 Å². The van der Waals surface area contributed by atoms with E-state index in [1.165, 1.54) is 0 Å². The lowest BCUT2D eigenvalue weighted by atomic mass is 10.1. The molecule has 0 aliphatic rings. The number of hydrogen-bond donors (Lipinski definition) is 2. The summed E-state index contributed by atoms with van der Waals surface area (Å²) in [5.41, 5.74) is 8.06. The summed E-state index contributed by atoms with van der Waals surface area (Å²) < 4.78 is 5.42. The largest absolute Gasteiger partial charge is 0.483 e. The highest BCUT2D eigenvalue weighted by Crippen LogP contribution is 2.15. The van der Waals surface area contributed by atoms with Crippen molar-refractivity contribution in [1.29, 1.82) is 0 Å². The Morgan fingerprint density at radius 3 is 2.43 bits per heavy atom. The predicted octanol–water partition coefficient (Wildman–Crippen LogP) is 2.45. The van der Waals surface area contributed by atoms with Crippen molar-refractivity contribution in [3.63, 3.8) is 0 Å². The van der Waals surface area contributed by atoms with E-state index in [4.69, 9.17) is 4.74 Å². The smallest absolute Gasteiger partial charge is 0.276 e. The van der Waals surface area contributed by atoms with Crippen LogP contribution in [-0.2, 0) is 4.79 Å². The van der Waals surface area contributed by atoms with E-state index in [0.29, 0.717) is 11.3 Å². The summed E-state index contributed by atoms with van der Waals surface area (Å²) in [5.74, 6) is -0.133. The highest BCUT2D eigenvalue weighted by molar-refractivity contribution is 5.96. The Morgan fingerprint density at radius 1 is 0.957 bits per heavy atom. The molecule has 0 aliphatic heterocycles. The molecule has 0 fully saturated rings. The van der Waals surface area contributed by atoms with Crippen molar-refractivity contribution in [3.05, 3.63) is 64.7 Å². The van der Waals surface area contributed by atoms with Crippen LogP contribution in [0.25, 0.3) is 0 Å². The van der Waals surface area contributed by atoms with Crippen molar-refractivity contribution in [1.82, 2.24) is 10.9 Å². The molecule has 0 atom stereocenters. The van der Waals surface area contributed by atoms with Crippen molar-refractivity contribution in [2.45, 2.75) is 20.8 Å². The zero-order chi connectivity index (χ0) is 16.8. The number of carbonyl (C=O) groups is 2. The number of carbonyl (C=O) groups excluding carboxylic acids is 2. The minimum absolute atomic E-state index is 0.169. The van der Waals surface area contributed by atoms with Gasteiger partial charge in [0, 0.05) is 5.56 Å². The predicted molar refractivity (Wildman–Crippen MR) is 88.2 cm³/mol. The van der Waals surface area contributed by atoms with Crippen LogP contribution in [-0.4, -0.2) is 18.4 Å². The SMILES string of the molecule is Cc1ccc(C)c(C(=O)NNC(=O)COc2ccccc2C)c1. The van der Waals surface area contributed by atoms with Gasteiger partial charge in [0.2, 0.25) is 0 Å². The first kappa shape index (κ1) is 16.5. The lowest BCUT2D eigenvalue weighted by Gasteiger charge is -2.11. The van der Waals surface area contributed by atoms with Gasteiger partial charge in [-0.2, -0.15) is 0 Å². The van der Waals surface area contributed by atoms with Gasteiger partial charge in [-0.15, -0.1) is 0 Å². The average Bonchev–Trinajstić information content (AvgIpc) is 2.54. The van der Waals surface area contributed by atoms with E-state index in [1.54, 1.807) is 12.1 Å². The topological polar surface area (TPSA) is 67.4 Å². The second-order valence-corrected chi connectivity index (χ2v) is 5.37. The van der Waals surface area contributed by atoms with Gasteiger partial charge in [-0.1, -0.05) is 35.9 Å². The van der Waals surface area contributed by atoms with Gasteiger partial charge in [0.15, 0.2) is 6.61 Å². The second kappa shape index (κ2) is 7.45. The van der Waals surface area contributed by atoms with Crippen molar-refractivity contribution in [2.75, 3.05) is 6.61 Å². The maximum atomic E-state index is 12.1. The third-order valence-corrected chi connectivity index (χ3v) is 3.41. The average molecular weight is 312 g/mol. The van der Waals surface area contributed by atoms with Crippen molar-refractivity contribution in [2.24, 2.45) is 0 Å². The van der Waals surface area contributed by atoms with Crippen LogP contribution in [0.3, 0.4) is 0 Å². The molecule has 0 spiro atoms. The molecule has 2 rings (SSSR count). The first-order valence-corrected chi connectivity index (χ1v) is 7.32. The standard InChI is InChI=1S/C18H20N2O3/c1-12-8-9-13(2)15(10-12)18(22)20-19-17(21)11-23-16-7-5-4-6-14(16)3/h4-10H,11H2,1-3H3,(H,19,21)(H,20,22). The summed E-state index contributed by atoms with van der Waals surface area (Å²) >= 11 is 0. The summed E-state index contributed by atoms with van der Waals surface area (Å²) in [6, 6.07) is 13.0. The zero-order valence-corrected chi connectivity index (χ0v) is 13.5. The molecule has 0 radical (unpaired) electrons. The lowest BCUT2D eigenvalue weighted by molar-refractivity contribution is -0.123. The molecule has 2 N–H and O–H groups in total. The quantitative estimate of drug-likeness (QED) is 0.852. The van der Waals surface area contributed by atoms with Crippen molar-refractivity contribution >= 4 is 11.8 Å². The summed E-state index contributed by atoms with van der Waals surface area (Å²) in [6.45, 7) is 5.48. The van der Waals surface area contributed by atoms with Gasteiger partial charge in [0.25, 0.3) is 11.8 Å². The zero-order valence-electron chi connectivity index (χ0n) is 13.5. The maximum absolute atomic E-state index is 12.1. The minimum Gasteiger partial charge on any atom is -0.483 e. The maximum Gasteiger partial charge on any atom is 0.276 e. The number of rotatable bonds is 4. The monoisotopic (exact) mass is 312 g/mol. The molecule has 2 amide bonds. The number of benzene rings is 2. The molecule has 0 saturated heterocycles. The molecule has 5 heteroatoms. The molecule has 120 valence electrons. The Balaban J connectivity index is 1.86. The second-order valence-electron chi connectivity index (χ2n) is 5.37. The molecule has 0 bridgehead atoms. The minimum atomic E-state index is -0.424. The number of aryl methyl sites for hydroxylation is 3. The molecule has 0 aliphatic carbocycles. The fourth-order valence-corrected chi connectivity index (χ4v) is 2.07. The van der Waals surface area contributed by atoms with Gasteiger partial charge >= 0.3 is 0 Å². The molecule has 5 nitrogen and oxygen atoms in total. The van der Waals surface area contributed by atoms with Crippen LogP contribution in [0, 0.1) is 20.8 Å². The van der Waals surface area contributed by atoms with Crippen LogP contribution >= 0.6 is 0 Å². The number of nitrogens with one attached hydrogen (secondary N) is 2. The van der Waals surface area contributed by atoms with Crippen LogP contribution in [0.2, 0.25) is 0 Å². The van der Waals surface area contributed by atoms with E-state index in [-0.39, 0.29) is 12.5 Å². The molecule has 0 unspecified atom stereocenters.